The zero-order chi connectivity index (χ0) is 36.0. The summed E-state index contributed by atoms with van der Waals surface area (Å²) in [5, 5.41) is 6.06. The fraction of sp³-hybridized carbons (Fsp3) is 0. The highest BCUT2D eigenvalue weighted by Gasteiger charge is 2.27. The van der Waals surface area contributed by atoms with Crippen molar-refractivity contribution in [2.24, 2.45) is 0 Å². The molecular formula is C50H30N4S. The van der Waals surface area contributed by atoms with E-state index in [-0.39, 0.29) is 0 Å². The van der Waals surface area contributed by atoms with Crippen LogP contribution >= 0.6 is 11.8 Å². The predicted octanol–water partition coefficient (Wildman–Crippen LogP) is 13.3. The van der Waals surface area contributed by atoms with Crippen molar-refractivity contribution >= 4 is 66.3 Å². The van der Waals surface area contributed by atoms with Crippen LogP contribution in [0.2, 0.25) is 0 Å². The van der Waals surface area contributed by atoms with Gasteiger partial charge in [0.1, 0.15) is 0 Å². The molecule has 0 N–H and O–H groups in total. The molecule has 3 aromatic heterocycles. The topological polar surface area (TPSA) is 35.6 Å². The molecule has 0 unspecified atom stereocenters. The summed E-state index contributed by atoms with van der Waals surface area (Å²) in [6, 6.07) is 65.4. The number of benzene rings is 8. The van der Waals surface area contributed by atoms with Gasteiger partial charge in [-0.25, -0.2) is 9.97 Å². The summed E-state index contributed by atoms with van der Waals surface area (Å²) < 4.78 is 4.81. The lowest BCUT2D eigenvalue weighted by molar-refractivity contribution is 1.12. The molecule has 0 spiro atoms. The summed E-state index contributed by atoms with van der Waals surface area (Å²) in [7, 11) is 0. The molecule has 4 heterocycles. The SMILES string of the molecule is c1ccc(-c2nc3c4c(c(-n5c6ccccc6c6cc(-c7ccc8c(c7)c7ccccc7n8-c7ccccc7)ccc65)ccc4n2)Sc2ccccc2-3)cc1. The van der Waals surface area contributed by atoms with Crippen LogP contribution in [0.1, 0.15) is 0 Å². The lowest BCUT2D eigenvalue weighted by atomic mass is 10.0. The first-order valence-corrected chi connectivity index (χ1v) is 19.4. The Labute approximate surface area is 321 Å². The second-order valence-electron chi connectivity index (χ2n) is 14.2. The van der Waals surface area contributed by atoms with Crippen LogP contribution in [0.3, 0.4) is 0 Å². The molecule has 1 aliphatic rings. The van der Waals surface area contributed by atoms with Crippen LogP contribution in [0.5, 0.6) is 0 Å². The van der Waals surface area contributed by atoms with Gasteiger partial charge in [0.05, 0.1) is 39.0 Å². The van der Waals surface area contributed by atoms with Gasteiger partial charge >= 0.3 is 0 Å². The molecule has 0 saturated carbocycles. The minimum Gasteiger partial charge on any atom is -0.309 e. The molecule has 0 atom stereocenters. The first kappa shape index (κ1) is 30.5. The molecule has 1 aliphatic heterocycles. The second kappa shape index (κ2) is 11.8. The smallest absolute Gasteiger partial charge is 0.160 e. The van der Waals surface area contributed by atoms with E-state index in [4.69, 9.17) is 9.97 Å². The molecule has 55 heavy (non-hydrogen) atoms. The maximum absolute atomic E-state index is 5.26. The number of hydrogen-bond donors (Lipinski definition) is 0. The monoisotopic (exact) mass is 718 g/mol. The Morgan fingerprint density at radius 3 is 1.73 bits per heavy atom. The van der Waals surface area contributed by atoms with E-state index in [1.165, 1.54) is 70.2 Å². The van der Waals surface area contributed by atoms with Crippen LogP contribution in [0.25, 0.3) is 99.7 Å². The van der Waals surface area contributed by atoms with Crippen molar-refractivity contribution in [1.82, 2.24) is 19.1 Å². The third kappa shape index (κ3) is 4.54. The molecule has 5 heteroatoms. The van der Waals surface area contributed by atoms with Crippen molar-refractivity contribution in [3.8, 4) is 45.1 Å². The van der Waals surface area contributed by atoms with Crippen molar-refractivity contribution in [2.75, 3.05) is 0 Å². The van der Waals surface area contributed by atoms with E-state index in [0.29, 0.717) is 0 Å². The number of fused-ring (bicyclic) bond motifs is 8. The highest BCUT2D eigenvalue weighted by Crippen LogP contribution is 2.50. The fourth-order valence-corrected chi connectivity index (χ4v) is 9.86. The largest absolute Gasteiger partial charge is 0.309 e. The Balaban J connectivity index is 1.06. The van der Waals surface area contributed by atoms with Crippen molar-refractivity contribution in [3.05, 3.63) is 182 Å². The van der Waals surface area contributed by atoms with E-state index in [1.54, 1.807) is 0 Å². The molecule has 4 nitrogen and oxygen atoms in total. The first-order chi connectivity index (χ1) is 27.3. The number of aromatic nitrogens is 4. The molecule has 0 fully saturated rings. The van der Waals surface area contributed by atoms with Crippen LogP contribution in [-0.4, -0.2) is 19.1 Å². The van der Waals surface area contributed by atoms with Gasteiger partial charge in [-0.05, 0) is 77.9 Å². The van der Waals surface area contributed by atoms with E-state index in [0.717, 1.165) is 39.2 Å². The highest BCUT2D eigenvalue weighted by molar-refractivity contribution is 8.00. The highest BCUT2D eigenvalue weighted by atomic mass is 32.2. The van der Waals surface area contributed by atoms with E-state index >= 15 is 0 Å². The standard InChI is InChI=1S/C50H30N4S/c1-3-13-31(14-4-1)50-51-40-25-28-45(49-47(40)48(52-50)37-19-9-12-22-46(37)55-49)54-42-21-11-8-18-36(42)39-30-33(24-27-44(39)54)32-23-26-43-38(29-32)35-17-7-10-20-41(35)53(43)34-15-5-2-6-16-34/h1-30H. The quantitative estimate of drug-likeness (QED) is 0.182. The van der Waals surface area contributed by atoms with Crippen LogP contribution in [0, 0.1) is 0 Å². The molecule has 256 valence electrons. The van der Waals surface area contributed by atoms with Gasteiger partial charge in [-0.15, -0.1) is 0 Å². The predicted molar refractivity (Wildman–Crippen MR) is 229 cm³/mol. The summed E-state index contributed by atoms with van der Waals surface area (Å²) in [6.45, 7) is 0. The lowest BCUT2D eigenvalue weighted by Gasteiger charge is -2.23. The molecule has 0 radical (unpaired) electrons. The average molecular weight is 719 g/mol. The molecule has 0 aliphatic carbocycles. The summed E-state index contributed by atoms with van der Waals surface area (Å²) in [4.78, 5) is 12.8. The zero-order valence-corrected chi connectivity index (χ0v) is 30.3. The van der Waals surface area contributed by atoms with Crippen LogP contribution < -0.4 is 0 Å². The van der Waals surface area contributed by atoms with Crippen LogP contribution in [-0.2, 0) is 0 Å². The third-order valence-corrected chi connectivity index (χ3v) is 12.3. The van der Waals surface area contributed by atoms with Crippen LogP contribution in [0.15, 0.2) is 192 Å². The van der Waals surface area contributed by atoms with Crippen molar-refractivity contribution < 1.29 is 0 Å². The average Bonchev–Trinajstić information content (AvgIpc) is 3.76. The Morgan fingerprint density at radius 1 is 0.418 bits per heavy atom. The second-order valence-corrected chi connectivity index (χ2v) is 15.2. The van der Waals surface area contributed by atoms with Gasteiger partial charge in [0, 0.05) is 53.5 Å². The third-order valence-electron chi connectivity index (χ3n) is 11.1. The fourth-order valence-electron chi connectivity index (χ4n) is 8.66. The normalized spacial score (nSPS) is 12.3. The van der Waals surface area contributed by atoms with Gasteiger partial charge in [-0.1, -0.05) is 127 Å². The van der Waals surface area contributed by atoms with Crippen molar-refractivity contribution in [3.63, 3.8) is 0 Å². The number of nitrogens with zero attached hydrogens (tertiary/aromatic N) is 4. The Kier molecular flexibility index (Phi) is 6.53. The van der Waals surface area contributed by atoms with Gasteiger partial charge in [-0.3, -0.25) is 0 Å². The zero-order valence-electron chi connectivity index (χ0n) is 29.5. The summed E-state index contributed by atoms with van der Waals surface area (Å²) in [6.07, 6.45) is 0. The summed E-state index contributed by atoms with van der Waals surface area (Å²) >= 11 is 1.82. The maximum Gasteiger partial charge on any atom is 0.160 e. The Hall–Kier alpha value is -6.95. The summed E-state index contributed by atoms with van der Waals surface area (Å²) in [5.41, 5.74) is 13.6. The maximum atomic E-state index is 5.26. The number of rotatable bonds is 4. The first-order valence-electron chi connectivity index (χ1n) is 18.6. The van der Waals surface area contributed by atoms with Gasteiger partial charge < -0.3 is 9.13 Å². The van der Waals surface area contributed by atoms with Crippen LogP contribution in [0.4, 0.5) is 0 Å². The van der Waals surface area contributed by atoms with Gasteiger partial charge in [-0.2, -0.15) is 0 Å². The van der Waals surface area contributed by atoms with E-state index < -0.39 is 0 Å². The molecule has 8 aromatic carbocycles. The summed E-state index contributed by atoms with van der Waals surface area (Å²) in [5.74, 6) is 0.746. The van der Waals surface area contributed by atoms with E-state index in [1.807, 2.05) is 30.0 Å². The molecule has 12 rings (SSSR count). The number of para-hydroxylation sites is 3. The molecule has 11 aromatic rings. The van der Waals surface area contributed by atoms with E-state index in [9.17, 15) is 0 Å². The minimum absolute atomic E-state index is 0.746. The van der Waals surface area contributed by atoms with Gasteiger partial charge in [0.15, 0.2) is 5.82 Å². The van der Waals surface area contributed by atoms with Gasteiger partial charge in [0.2, 0.25) is 0 Å². The van der Waals surface area contributed by atoms with E-state index in [2.05, 4.69) is 173 Å². The molecule has 0 saturated heterocycles. The lowest BCUT2D eigenvalue weighted by Crippen LogP contribution is -2.04. The molecular weight excluding hydrogens is 689 g/mol. The van der Waals surface area contributed by atoms with Crippen molar-refractivity contribution in [1.29, 1.82) is 0 Å². The molecule has 0 amide bonds. The van der Waals surface area contributed by atoms with Crippen molar-refractivity contribution in [2.45, 2.75) is 9.79 Å². The Morgan fingerprint density at radius 2 is 1.00 bits per heavy atom. The van der Waals surface area contributed by atoms with Gasteiger partial charge in [0.25, 0.3) is 0 Å². The minimum atomic E-state index is 0.746. The number of hydrogen-bond acceptors (Lipinski definition) is 3. The Bertz CT molecular complexity index is 3340. The molecule has 0 bridgehead atoms.